The van der Waals surface area contributed by atoms with E-state index in [-0.39, 0.29) is 3.70 Å². The fourth-order valence-corrected chi connectivity index (χ4v) is 1.63. The van der Waals surface area contributed by atoms with Crippen molar-refractivity contribution in [3.05, 3.63) is 20.4 Å². The predicted molar refractivity (Wildman–Crippen MR) is 53.6 cm³/mol. The molecular weight excluding hydrogens is 390 g/mol. The summed E-state index contributed by atoms with van der Waals surface area (Å²) >= 11 is 6.48. The molecule has 10 heteroatoms. The second-order valence-electron chi connectivity index (χ2n) is 2.66. The first-order valence-electron chi connectivity index (χ1n) is 3.69. The van der Waals surface area contributed by atoms with Crippen molar-refractivity contribution in [2.75, 3.05) is 0 Å². The zero-order valence-electron chi connectivity index (χ0n) is 7.46. The molecule has 0 N–H and O–H groups in total. The molecule has 1 heterocycles. The largest absolute Gasteiger partial charge is 0.574 e. The number of rotatable bonds is 1. The second-order valence-corrected chi connectivity index (χ2v) is 4.14. The molecule has 0 aliphatic rings. The van der Waals surface area contributed by atoms with E-state index in [1.807, 2.05) is 0 Å². The van der Waals surface area contributed by atoms with Gasteiger partial charge in [-0.15, -0.1) is 13.2 Å². The van der Waals surface area contributed by atoms with Crippen LogP contribution in [0, 0.1) is 3.70 Å². The van der Waals surface area contributed by atoms with Gasteiger partial charge in [0.15, 0.2) is 0 Å². The summed E-state index contributed by atoms with van der Waals surface area (Å²) in [6.45, 7) is 0. The van der Waals surface area contributed by atoms with Gasteiger partial charge in [-0.3, -0.25) is 0 Å². The molecule has 1 aromatic rings. The maximum atomic E-state index is 12.4. The Hall–Kier alpha value is -0.450. The molecule has 0 saturated heterocycles. The highest BCUT2D eigenvalue weighted by atomic mass is 127. The van der Waals surface area contributed by atoms with Gasteiger partial charge in [0.2, 0.25) is 5.88 Å². The SMILES string of the molecule is FC(F)(F)Oc1nc(I)cc(C(F)(F)F)c1Cl. The lowest BCUT2D eigenvalue weighted by molar-refractivity contribution is -0.276. The molecule has 0 unspecified atom stereocenters. The van der Waals surface area contributed by atoms with E-state index in [1.54, 1.807) is 0 Å². The number of hydrogen-bond donors (Lipinski definition) is 0. The van der Waals surface area contributed by atoms with Crippen molar-refractivity contribution in [3.63, 3.8) is 0 Å². The van der Waals surface area contributed by atoms with Gasteiger partial charge >= 0.3 is 12.5 Å². The molecule has 0 aromatic carbocycles. The van der Waals surface area contributed by atoms with E-state index in [0.29, 0.717) is 6.07 Å². The van der Waals surface area contributed by atoms with Gasteiger partial charge < -0.3 is 4.74 Å². The third kappa shape index (κ3) is 4.05. The minimum atomic E-state index is -5.16. The average molecular weight is 391 g/mol. The second kappa shape index (κ2) is 4.67. The molecule has 0 saturated carbocycles. The Labute approximate surface area is 109 Å². The first-order valence-corrected chi connectivity index (χ1v) is 5.15. The number of pyridine rings is 1. The van der Waals surface area contributed by atoms with E-state index in [1.165, 1.54) is 22.6 Å². The monoisotopic (exact) mass is 391 g/mol. The molecule has 0 fully saturated rings. The molecule has 0 bridgehead atoms. The minimum absolute atomic E-state index is 0.321. The Balaban J connectivity index is 3.29. The summed E-state index contributed by atoms with van der Waals surface area (Å²) in [5, 5.41) is -1.23. The van der Waals surface area contributed by atoms with Gasteiger partial charge in [-0.05, 0) is 28.7 Å². The first kappa shape index (κ1) is 14.6. The number of nitrogens with zero attached hydrogens (tertiary/aromatic N) is 1. The van der Waals surface area contributed by atoms with Gasteiger partial charge in [-0.1, -0.05) is 11.6 Å². The predicted octanol–water partition coefficient (Wildman–Crippen LogP) is 4.26. The summed E-state index contributed by atoms with van der Waals surface area (Å²) in [7, 11) is 0. The topological polar surface area (TPSA) is 22.1 Å². The van der Waals surface area contributed by atoms with Crippen LogP contribution in [0.15, 0.2) is 6.07 Å². The molecule has 1 aromatic heterocycles. The van der Waals surface area contributed by atoms with E-state index >= 15 is 0 Å². The van der Waals surface area contributed by atoms with Crippen molar-refractivity contribution in [3.8, 4) is 5.88 Å². The highest BCUT2D eigenvalue weighted by Crippen LogP contribution is 2.40. The van der Waals surface area contributed by atoms with Crippen LogP contribution >= 0.6 is 34.2 Å². The fraction of sp³-hybridized carbons (Fsp3) is 0.286. The minimum Gasteiger partial charge on any atom is -0.386 e. The van der Waals surface area contributed by atoms with Crippen molar-refractivity contribution in [2.24, 2.45) is 0 Å². The summed E-state index contributed by atoms with van der Waals surface area (Å²) in [5.41, 5.74) is -1.43. The molecule has 1 rings (SSSR count). The smallest absolute Gasteiger partial charge is 0.386 e. The summed E-state index contributed by atoms with van der Waals surface area (Å²) < 4.78 is 75.8. The Kier molecular flexibility index (Phi) is 4.01. The van der Waals surface area contributed by atoms with Crippen LogP contribution < -0.4 is 4.74 Å². The Morgan fingerprint density at radius 3 is 2.12 bits per heavy atom. The summed E-state index contributed by atoms with van der Waals surface area (Å²) in [4.78, 5) is 3.14. The van der Waals surface area contributed by atoms with Gasteiger partial charge in [0.25, 0.3) is 0 Å². The van der Waals surface area contributed by atoms with Gasteiger partial charge in [0, 0.05) is 0 Å². The summed E-state index contributed by atoms with van der Waals surface area (Å²) in [6, 6.07) is 0.520. The van der Waals surface area contributed by atoms with Crippen LogP contribution in [0.4, 0.5) is 26.3 Å². The lowest BCUT2D eigenvalue weighted by atomic mass is 10.2. The van der Waals surface area contributed by atoms with Crippen LogP contribution in [0.2, 0.25) is 5.02 Å². The van der Waals surface area contributed by atoms with Gasteiger partial charge in [0.1, 0.15) is 8.72 Å². The van der Waals surface area contributed by atoms with E-state index in [0.717, 1.165) is 0 Å². The van der Waals surface area contributed by atoms with Gasteiger partial charge in [0.05, 0.1) is 5.56 Å². The Morgan fingerprint density at radius 1 is 1.18 bits per heavy atom. The van der Waals surface area contributed by atoms with E-state index in [2.05, 4.69) is 9.72 Å². The zero-order chi connectivity index (χ0) is 13.4. The van der Waals surface area contributed by atoms with Crippen molar-refractivity contribution in [1.82, 2.24) is 4.98 Å². The van der Waals surface area contributed by atoms with E-state index in [9.17, 15) is 26.3 Å². The van der Waals surface area contributed by atoms with E-state index < -0.39 is 29.0 Å². The van der Waals surface area contributed by atoms with Crippen LogP contribution in [-0.4, -0.2) is 11.3 Å². The maximum absolute atomic E-state index is 12.4. The molecule has 0 atom stereocenters. The zero-order valence-corrected chi connectivity index (χ0v) is 10.4. The first-order chi connectivity index (χ1) is 7.50. The number of alkyl halides is 6. The third-order valence-corrected chi connectivity index (χ3v) is 2.33. The van der Waals surface area contributed by atoms with Crippen LogP contribution in [0.3, 0.4) is 0 Å². The summed E-state index contributed by atoms with van der Waals surface area (Å²) in [6.07, 6.45) is -10.0. The standard InChI is InChI=1S/C7HClF6INO/c8-4-2(6(9,10)11)1-3(15)16-5(4)17-7(12,13)14/h1H. The molecule has 0 aliphatic carbocycles. The van der Waals surface area contributed by atoms with Crippen LogP contribution in [0.25, 0.3) is 0 Å². The number of ether oxygens (including phenoxy) is 1. The van der Waals surface area contributed by atoms with Crippen LogP contribution in [0.5, 0.6) is 5.88 Å². The van der Waals surface area contributed by atoms with Crippen LogP contribution in [-0.2, 0) is 6.18 Å². The lowest BCUT2D eigenvalue weighted by Crippen LogP contribution is -2.19. The fourth-order valence-electron chi connectivity index (χ4n) is 0.860. The van der Waals surface area contributed by atoms with Crippen molar-refractivity contribution < 1.29 is 31.1 Å². The lowest BCUT2D eigenvalue weighted by Gasteiger charge is -2.14. The van der Waals surface area contributed by atoms with Crippen molar-refractivity contribution >= 4 is 34.2 Å². The molecule has 96 valence electrons. The number of aromatic nitrogens is 1. The number of halogens is 8. The normalized spacial score (nSPS) is 12.7. The van der Waals surface area contributed by atoms with Crippen molar-refractivity contribution in [2.45, 2.75) is 12.5 Å². The molecule has 0 radical (unpaired) electrons. The molecule has 0 spiro atoms. The molecular formula is C7HClF6INO. The van der Waals surface area contributed by atoms with E-state index in [4.69, 9.17) is 11.6 Å². The average Bonchev–Trinajstić information content (AvgIpc) is 2.06. The van der Waals surface area contributed by atoms with Gasteiger partial charge in [-0.2, -0.15) is 13.2 Å². The molecule has 2 nitrogen and oxygen atoms in total. The highest BCUT2D eigenvalue weighted by molar-refractivity contribution is 14.1. The Bertz CT molecular complexity index is 432. The summed E-state index contributed by atoms with van der Waals surface area (Å²) in [5.74, 6) is -1.32. The Morgan fingerprint density at radius 2 is 1.71 bits per heavy atom. The van der Waals surface area contributed by atoms with Gasteiger partial charge in [-0.25, -0.2) is 4.98 Å². The quantitative estimate of drug-likeness (QED) is 0.406. The van der Waals surface area contributed by atoms with Crippen LogP contribution in [0.1, 0.15) is 5.56 Å². The highest BCUT2D eigenvalue weighted by Gasteiger charge is 2.39. The third-order valence-electron chi connectivity index (χ3n) is 1.41. The molecule has 0 aliphatic heterocycles. The number of hydrogen-bond acceptors (Lipinski definition) is 2. The molecule has 0 amide bonds. The van der Waals surface area contributed by atoms with Crippen molar-refractivity contribution in [1.29, 1.82) is 0 Å². The molecule has 17 heavy (non-hydrogen) atoms. The maximum Gasteiger partial charge on any atom is 0.574 e.